The molecule has 22 heteroatoms. The number of hydrogen-bond donors (Lipinski definition) is 5. The zero-order valence-electron chi connectivity index (χ0n) is 40.6. The van der Waals surface area contributed by atoms with Gasteiger partial charge in [0.05, 0.1) is 75.8 Å². The van der Waals surface area contributed by atoms with Crippen LogP contribution in [0.5, 0.6) is 5.75 Å². The van der Waals surface area contributed by atoms with Crippen molar-refractivity contribution in [3.63, 3.8) is 0 Å². The number of fused-ring (bicyclic) bond motifs is 4. The number of imidazole rings is 2. The summed E-state index contributed by atoms with van der Waals surface area (Å²) in [6.07, 6.45) is 14.9. The number of anilines is 2. The first kappa shape index (κ1) is 46.4. The molecule has 0 aliphatic carbocycles. The number of pyridine rings is 5. The lowest BCUT2D eigenvalue weighted by Crippen LogP contribution is -2.27. The van der Waals surface area contributed by atoms with Gasteiger partial charge in [-0.05, 0) is 81.8 Å². The normalized spacial score (nSPS) is 11.8. The molecule has 0 radical (unpaired) electrons. The Balaban J connectivity index is 0.793. The second-order valence-corrected chi connectivity index (χ2v) is 18.2. The second kappa shape index (κ2) is 19.4. The Bertz CT molecular complexity index is 4080. The van der Waals surface area contributed by atoms with Gasteiger partial charge in [0.15, 0.2) is 11.6 Å². The summed E-state index contributed by atoms with van der Waals surface area (Å²) in [6, 6.07) is 18.6. The third kappa shape index (κ3) is 9.37. The number of nitrogen functional groups attached to an aromatic ring is 1. The molecular formula is C53H45F2N19O. The van der Waals surface area contributed by atoms with Crippen molar-refractivity contribution in [3.05, 3.63) is 134 Å². The number of nitrogens with one attached hydrogen (secondary N) is 4. The average molecular weight is 1000 g/mol. The number of benzene rings is 2. The van der Waals surface area contributed by atoms with E-state index in [0.717, 1.165) is 28.4 Å². The number of aromatic nitrogens is 15. The molecule has 0 bridgehead atoms. The van der Waals surface area contributed by atoms with E-state index in [1.807, 2.05) is 67.1 Å². The number of rotatable bonds is 16. The highest BCUT2D eigenvalue weighted by Crippen LogP contribution is 2.36. The Labute approximate surface area is 425 Å². The van der Waals surface area contributed by atoms with Gasteiger partial charge in [-0.15, -0.1) is 0 Å². The number of likely N-dealkylation sites (N-methyl/N-ethyl adjacent to an activating group) is 2. The quantitative estimate of drug-likeness (QED) is 0.0611. The molecule has 372 valence electrons. The molecule has 20 nitrogen and oxygen atoms in total. The molecule has 6 N–H and O–H groups in total. The third-order valence-electron chi connectivity index (χ3n) is 12.5. The van der Waals surface area contributed by atoms with Gasteiger partial charge in [-0.1, -0.05) is 0 Å². The van der Waals surface area contributed by atoms with E-state index in [4.69, 9.17) is 30.5 Å². The minimum atomic E-state index is -0.495. The molecule has 75 heavy (non-hydrogen) atoms. The molecular weight excluding hydrogens is 957 g/mol. The first-order valence-electron chi connectivity index (χ1n) is 23.8. The van der Waals surface area contributed by atoms with Crippen LogP contribution < -0.4 is 15.8 Å². The van der Waals surface area contributed by atoms with Crippen LogP contribution in [0.4, 0.5) is 20.2 Å². The van der Waals surface area contributed by atoms with E-state index in [9.17, 15) is 0 Å². The number of nitrogens with two attached hydrogens (primary N) is 1. The first-order chi connectivity index (χ1) is 36.6. The zero-order chi connectivity index (χ0) is 51.2. The molecule has 0 fully saturated rings. The molecule has 12 aromatic rings. The minimum absolute atomic E-state index is 0.214. The topological polar surface area (TPSA) is 248 Å². The summed E-state index contributed by atoms with van der Waals surface area (Å²) in [6.45, 7) is 2.40. The summed E-state index contributed by atoms with van der Waals surface area (Å²) in [5.41, 5.74) is 16.9. The number of ether oxygens (including phenoxy) is 1. The number of hydrogen-bond acceptors (Lipinski definition) is 16. The van der Waals surface area contributed by atoms with Gasteiger partial charge in [-0.2, -0.15) is 10.2 Å². The fourth-order valence-corrected chi connectivity index (χ4v) is 8.95. The Morgan fingerprint density at radius 2 is 1.36 bits per heavy atom. The van der Waals surface area contributed by atoms with Gasteiger partial charge in [0.2, 0.25) is 0 Å². The molecule has 0 spiro atoms. The summed E-state index contributed by atoms with van der Waals surface area (Å²) in [7, 11) is 5.90. The molecule has 0 atom stereocenters. The van der Waals surface area contributed by atoms with Crippen LogP contribution in [-0.2, 0) is 6.67 Å². The molecule has 0 amide bonds. The predicted molar refractivity (Wildman–Crippen MR) is 282 cm³/mol. The lowest BCUT2D eigenvalue weighted by molar-refractivity contribution is 0.201. The molecule has 10 aromatic heterocycles. The van der Waals surface area contributed by atoms with Crippen LogP contribution in [0.15, 0.2) is 123 Å². The Kier molecular flexibility index (Phi) is 12.0. The molecule has 12 rings (SSSR count). The summed E-state index contributed by atoms with van der Waals surface area (Å²) >= 11 is 0. The standard InChI is InChI=1S/C53H45F2N19O/c1-72(2)11-10-59-35-17-29(14-32(54)19-35)46-50-40(5-6-61-46)66-53(68-50)49-38-22-42(44-25-57-8-9-60-44)64-27-45(38)74(71-49)28-73(3)12-13-75-36-18-30(15-33(55)20-36)47-51-39(4-7-62-47)65-52(67-51)48-37-21-41(63-26-43(37)69-70-48)31-16-34(56)24-58-23-31/h4-9,14-27,59H,10-13,28,56H2,1-3H3,(H,65,67)(H,66,68)(H,69,70). The molecule has 0 saturated carbocycles. The largest absolute Gasteiger partial charge is 0.492 e. The highest BCUT2D eigenvalue weighted by Gasteiger charge is 2.22. The maximum Gasteiger partial charge on any atom is 0.159 e. The minimum Gasteiger partial charge on any atom is -0.492 e. The number of aromatic amines is 3. The van der Waals surface area contributed by atoms with Crippen molar-refractivity contribution >= 4 is 55.2 Å². The lowest BCUT2D eigenvalue weighted by Gasteiger charge is -2.18. The van der Waals surface area contributed by atoms with E-state index in [0.29, 0.717) is 127 Å². The summed E-state index contributed by atoms with van der Waals surface area (Å²) in [5.74, 6) is 0.412. The van der Waals surface area contributed by atoms with Crippen molar-refractivity contribution in [2.75, 3.05) is 58.4 Å². The van der Waals surface area contributed by atoms with Gasteiger partial charge >= 0.3 is 0 Å². The van der Waals surface area contributed by atoms with Crippen LogP contribution in [0.25, 0.3) is 112 Å². The zero-order valence-corrected chi connectivity index (χ0v) is 40.6. The molecule has 0 aliphatic rings. The molecule has 2 aromatic carbocycles. The highest BCUT2D eigenvalue weighted by atomic mass is 19.1. The maximum atomic E-state index is 15.5. The van der Waals surface area contributed by atoms with Crippen molar-refractivity contribution in [1.82, 2.24) is 84.6 Å². The van der Waals surface area contributed by atoms with Crippen LogP contribution in [0, 0.1) is 11.6 Å². The highest BCUT2D eigenvalue weighted by molar-refractivity contribution is 5.99. The Morgan fingerprint density at radius 3 is 2.11 bits per heavy atom. The summed E-state index contributed by atoms with van der Waals surface area (Å²) in [4.78, 5) is 52.4. The number of nitrogens with zero attached hydrogens (tertiary/aromatic N) is 14. The van der Waals surface area contributed by atoms with Crippen LogP contribution in [-0.4, -0.2) is 132 Å². The van der Waals surface area contributed by atoms with Crippen LogP contribution >= 0.6 is 0 Å². The van der Waals surface area contributed by atoms with Crippen LogP contribution in [0.1, 0.15) is 0 Å². The van der Waals surface area contributed by atoms with Gasteiger partial charge in [0.25, 0.3) is 0 Å². The van der Waals surface area contributed by atoms with Crippen molar-refractivity contribution in [2.24, 2.45) is 0 Å². The van der Waals surface area contributed by atoms with E-state index >= 15 is 8.78 Å². The monoisotopic (exact) mass is 1000 g/mol. The van der Waals surface area contributed by atoms with Gasteiger partial charge in [0.1, 0.15) is 52.1 Å². The second-order valence-electron chi connectivity index (χ2n) is 18.2. The molecule has 0 saturated heterocycles. The average Bonchev–Trinajstić information content (AvgIpc) is 4.23. The number of halogens is 2. The predicted octanol–water partition coefficient (Wildman–Crippen LogP) is 8.23. The van der Waals surface area contributed by atoms with Crippen molar-refractivity contribution in [1.29, 1.82) is 0 Å². The molecule has 10 heterocycles. The van der Waals surface area contributed by atoms with Gasteiger partial charge in [0, 0.05) is 96.0 Å². The fourth-order valence-electron chi connectivity index (χ4n) is 8.95. The smallest absolute Gasteiger partial charge is 0.159 e. The van der Waals surface area contributed by atoms with E-state index in [-0.39, 0.29) is 6.61 Å². The van der Waals surface area contributed by atoms with E-state index < -0.39 is 11.6 Å². The fraction of sp³-hybridized carbons (Fsp3) is 0.151. The third-order valence-corrected chi connectivity index (χ3v) is 12.5. The summed E-state index contributed by atoms with van der Waals surface area (Å²) < 4.78 is 38.6. The first-order valence-corrected chi connectivity index (χ1v) is 23.8. The summed E-state index contributed by atoms with van der Waals surface area (Å²) in [5, 5.41) is 17.6. The van der Waals surface area contributed by atoms with Crippen LogP contribution in [0.3, 0.4) is 0 Å². The van der Waals surface area contributed by atoms with Gasteiger partial charge < -0.3 is 30.7 Å². The van der Waals surface area contributed by atoms with Crippen molar-refractivity contribution in [2.45, 2.75) is 6.67 Å². The van der Waals surface area contributed by atoms with Gasteiger partial charge in [-0.25, -0.2) is 23.4 Å². The molecule has 0 aliphatic heterocycles. The van der Waals surface area contributed by atoms with Crippen LogP contribution in [0.2, 0.25) is 0 Å². The Hall–Kier alpha value is -9.67. The maximum absolute atomic E-state index is 15.5. The van der Waals surface area contributed by atoms with E-state index in [2.05, 4.69) is 60.3 Å². The van der Waals surface area contributed by atoms with E-state index in [1.165, 1.54) is 24.3 Å². The lowest BCUT2D eigenvalue weighted by atomic mass is 10.1. The van der Waals surface area contributed by atoms with Gasteiger partial charge in [-0.3, -0.25) is 44.9 Å². The number of H-pyrrole nitrogens is 3. The molecule has 0 unspecified atom stereocenters. The van der Waals surface area contributed by atoms with E-state index in [1.54, 1.807) is 61.8 Å². The van der Waals surface area contributed by atoms with Crippen molar-refractivity contribution in [3.8, 4) is 73.9 Å². The van der Waals surface area contributed by atoms with Crippen molar-refractivity contribution < 1.29 is 13.5 Å². The SMILES string of the molecule is CN(C)CCNc1cc(F)cc(-c2nccc3[nH]c(-c4nn(CN(C)CCOc5cc(F)cc(-c6nccc7[nH]c(-c8n[nH]c9cnc(-c%10cncc(N)c%10)cc89)nc67)c5)c5cnc(-c6cnccn6)cc45)nc23)c1. The Morgan fingerprint density at radius 1 is 0.627 bits per heavy atom.